The van der Waals surface area contributed by atoms with Gasteiger partial charge in [0, 0.05) is 16.5 Å². The van der Waals surface area contributed by atoms with Crippen LogP contribution >= 0.6 is 22.6 Å². The molecule has 0 bridgehead atoms. The Hall–Kier alpha value is -1.20. The SMILES string of the molecule is CCC(=O)Oc1cc(I)ccc1C(=O)NCCS(=O)(=O)O. The van der Waals surface area contributed by atoms with E-state index in [9.17, 15) is 18.0 Å². The number of nitrogens with one attached hydrogen (secondary N) is 1. The number of esters is 1. The second-order valence-corrected chi connectivity index (χ2v) is 6.83. The van der Waals surface area contributed by atoms with Gasteiger partial charge in [-0.1, -0.05) is 6.92 Å². The highest BCUT2D eigenvalue weighted by Gasteiger charge is 2.16. The van der Waals surface area contributed by atoms with E-state index in [1.54, 1.807) is 13.0 Å². The molecule has 1 amide bonds. The molecule has 0 unspecified atom stereocenters. The summed E-state index contributed by atoms with van der Waals surface area (Å²) in [6, 6.07) is 4.66. The van der Waals surface area contributed by atoms with Gasteiger partial charge in [0.2, 0.25) is 0 Å². The van der Waals surface area contributed by atoms with Gasteiger partial charge in [0.25, 0.3) is 16.0 Å². The van der Waals surface area contributed by atoms with Crippen molar-refractivity contribution in [3.63, 3.8) is 0 Å². The van der Waals surface area contributed by atoms with Gasteiger partial charge in [-0.15, -0.1) is 0 Å². The van der Waals surface area contributed by atoms with Gasteiger partial charge in [-0.2, -0.15) is 8.42 Å². The summed E-state index contributed by atoms with van der Waals surface area (Å²) in [5.74, 6) is -1.55. The standard InChI is InChI=1S/C12H14INO6S/c1-2-11(15)20-10-7-8(13)3-4-9(10)12(16)14-5-6-21(17,18)19/h3-4,7H,2,5-6H2,1H3,(H,14,16)(H,17,18,19). The van der Waals surface area contributed by atoms with E-state index in [4.69, 9.17) is 9.29 Å². The topological polar surface area (TPSA) is 110 Å². The Morgan fingerprint density at radius 2 is 2.05 bits per heavy atom. The molecule has 0 saturated heterocycles. The van der Waals surface area contributed by atoms with E-state index in [0.717, 1.165) is 3.57 Å². The molecule has 0 aromatic heterocycles. The van der Waals surface area contributed by atoms with Crippen LogP contribution in [0.2, 0.25) is 0 Å². The third-order valence-electron chi connectivity index (χ3n) is 2.35. The van der Waals surface area contributed by atoms with Gasteiger partial charge in [0.05, 0.1) is 11.3 Å². The Kier molecular flexibility index (Phi) is 6.55. The molecule has 0 aliphatic carbocycles. The predicted molar refractivity (Wildman–Crippen MR) is 83.8 cm³/mol. The van der Waals surface area contributed by atoms with Crippen molar-refractivity contribution in [2.24, 2.45) is 0 Å². The number of rotatable bonds is 6. The normalized spacial score (nSPS) is 11.0. The lowest BCUT2D eigenvalue weighted by Gasteiger charge is -2.10. The Labute approximate surface area is 135 Å². The molecule has 116 valence electrons. The molecular formula is C12H14INO6S. The fraction of sp³-hybridized carbons (Fsp3) is 0.333. The number of hydrogen-bond donors (Lipinski definition) is 2. The van der Waals surface area contributed by atoms with E-state index in [1.165, 1.54) is 12.1 Å². The number of carbonyl (C=O) groups is 2. The third kappa shape index (κ3) is 6.40. The predicted octanol–water partition coefficient (Wildman–Crippen LogP) is 1.22. The van der Waals surface area contributed by atoms with Crippen LogP contribution in [-0.4, -0.2) is 37.1 Å². The minimum atomic E-state index is -4.14. The van der Waals surface area contributed by atoms with Gasteiger partial charge < -0.3 is 10.1 Å². The molecule has 0 aliphatic heterocycles. The van der Waals surface area contributed by atoms with Crippen molar-refractivity contribution in [2.45, 2.75) is 13.3 Å². The number of benzene rings is 1. The van der Waals surface area contributed by atoms with Gasteiger partial charge in [-0.05, 0) is 40.8 Å². The summed E-state index contributed by atoms with van der Waals surface area (Å²) >= 11 is 2.01. The summed E-state index contributed by atoms with van der Waals surface area (Å²) in [6.45, 7) is 1.38. The van der Waals surface area contributed by atoms with Crippen LogP contribution < -0.4 is 10.1 Å². The first kappa shape index (κ1) is 17.9. The highest BCUT2D eigenvalue weighted by atomic mass is 127. The molecule has 0 aliphatic rings. The van der Waals surface area contributed by atoms with Crippen LogP contribution in [0.25, 0.3) is 0 Å². The van der Waals surface area contributed by atoms with E-state index in [1.807, 2.05) is 22.6 Å². The molecule has 0 heterocycles. The van der Waals surface area contributed by atoms with Crippen LogP contribution in [0.15, 0.2) is 18.2 Å². The molecule has 1 aromatic carbocycles. The summed E-state index contributed by atoms with van der Waals surface area (Å²) in [5.41, 5.74) is 0.118. The minimum Gasteiger partial charge on any atom is -0.426 e. The lowest BCUT2D eigenvalue weighted by molar-refractivity contribution is -0.134. The molecule has 1 aromatic rings. The Morgan fingerprint density at radius 3 is 2.62 bits per heavy atom. The van der Waals surface area contributed by atoms with Crippen LogP contribution in [-0.2, 0) is 14.9 Å². The van der Waals surface area contributed by atoms with E-state index < -0.39 is 27.7 Å². The minimum absolute atomic E-state index is 0.109. The van der Waals surface area contributed by atoms with E-state index in [0.29, 0.717) is 0 Å². The molecule has 0 atom stereocenters. The van der Waals surface area contributed by atoms with Crippen molar-refractivity contribution in [3.05, 3.63) is 27.3 Å². The maximum Gasteiger partial charge on any atom is 0.310 e. The van der Waals surface area contributed by atoms with Crippen LogP contribution in [0.4, 0.5) is 0 Å². The number of amides is 1. The number of carbonyl (C=O) groups excluding carboxylic acids is 2. The van der Waals surface area contributed by atoms with Gasteiger partial charge in [0.1, 0.15) is 5.75 Å². The zero-order chi connectivity index (χ0) is 16.0. The summed E-state index contributed by atoms with van der Waals surface area (Å²) < 4.78 is 35.6. The molecule has 0 spiro atoms. The molecule has 0 saturated carbocycles. The Morgan fingerprint density at radius 1 is 1.38 bits per heavy atom. The van der Waals surface area contributed by atoms with E-state index >= 15 is 0 Å². The fourth-order valence-electron chi connectivity index (χ4n) is 1.35. The molecule has 0 fully saturated rings. The summed E-state index contributed by atoms with van der Waals surface area (Å²) in [6.07, 6.45) is 0.162. The highest BCUT2D eigenvalue weighted by molar-refractivity contribution is 14.1. The zero-order valence-electron chi connectivity index (χ0n) is 11.1. The maximum atomic E-state index is 12.0. The fourth-order valence-corrected chi connectivity index (χ4v) is 2.17. The van der Waals surface area contributed by atoms with E-state index in [-0.39, 0.29) is 24.3 Å². The molecule has 1 rings (SSSR count). The van der Waals surface area contributed by atoms with Gasteiger partial charge in [-0.25, -0.2) is 0 Å². The first-order valence-corrected chi connectivity index (χ1v) is 8.65. The van der Waals surface area contributed by atoms with Crippen molar-refractivity contribution < 1.29 is 27.3 Å². The molecule has 0 radical (unpaired) electrons. The second-order valence-electron chi connectivity index (χ2n) is 4.01. The summed E-state index contributed by atoms with van der Waals surface area (Å²) in [4.78, 5) is 23.3. The lowest BCUT2D eigenvalue weighted by atomic mass is 10.2. The average Bonchev–Trinajstić information content (AvgIpc) is 2.37. The maximum absolute atomic E-state index is 12.0. The summed E-state index contributed by atoms with van der Waals surface area (Å²) in [5, 5.41) is 2.33. The smallest absolute Gasteiger partial charge is 0.310 e. The third-order valence-corrected chi connectivity index (χ3v) is 3.74. The van der Waals surface area contributed by atoms with Gasteiger partial charge in [0.15, 0.2) is 0 Å². The van der Waals surface area contributed by atoms with Gasteiger partial charge >= 0.3 is 5.97 Å². The van der Waals surface area contributed by atoms with Crippen LogP contribution in [0.3, 0.4) is 0 Å². The Bertz CT molecular complexity index is 643. The monoisotopic (exact) mass is 427 g/mol. The van der Waals surface area contributed by atoms with Crippen molar-refractivity contribution >= 4 is 44.6 Å². The summed E-state index contributed by atoms with van der Waals surface area (Å²) in [7, 11) is -4.14. The number of ether oxygens (including phenoxy) is 1. The molecule has 9 heteroatoms. The average molecular weight is 427 g/mol. The van der Waals surface area contributed by atoms with Crippen LogP contribution in [0, 0.1) is 3.57 Å². The van der Waals surface area contributed by atoms with Gasteiger partial charge in [-0.3, -0.25) is 14.1 Å². The van der Waals surface area contributed by atoms with Crippen LogP contribution in [0.1, 0.15) is 23.7 Å². The largest absolute Gasteiger partial charge is 0.426 e. The molecule has 2 N–H and O–H groups in total. The molecule has 21 heavy (non-hydrogen) atoms. The molecular weight excluding hydrogens is 413 g/mol. The second kappa shape index (κ2) is 7.71. The quantitative estimate of drug-likeness (QED) is 0.306. The van der Waals surface area contributed by atoms with E-state index in [2.05, 4.69) is 5.32 Å². The van der Waals surface area contributed by atoms with Crippen molar-refractivity contribution in [1.29, 1.82) is 0 Å². The highest BCUT2D eigenvalue weighted by Crippen LogP contribution is 2.22. The first-order chi connectivity index (χ1) is 9.73. The number of hydrogen-bond acceptors (Lipinski definition) is 5. The first-order valence-electron chi connectivity index (χ1n) is 5.96. The molecule has 7 nitrogen and oxygen atoms in total. The number of halogens is 1. The van der Waals surface area contributed by atoms with Crippen molar-refractivity contribution in [3.8, 4) is 5.75 Å². The van der Waals surface area contributed by atoms with Crippen molar-refractivity contribution in [1.82, 2.24) is 5.32 Å². The Balaban J connectivity index is 2.85. The zero-order valence-corrected chi connectivity index (χ0v) is 14.1. The van der Waals surface area contributed by atoms with Crippen LogP contribution in [0.5, 0.6) is 5.75 Å². The lowest BCUT2D eigenvalue weighted by Crippen LogP contribution is -2.29. The van der Waals surface area contributed by atoms with Crippen molar-refractivity contribution in [2.75, 3.05) is 12.3 Å².